The maximum Gasteiger partial charge on any atom is 0.322 e. The number of hydrogen-bond acceptors (Lipinski definition) is 4. The number of aryl methyl sites for hydroxylation is 1. The highest BCUT2D eigenvalue weighted by atomic mass is 35.5. The number of benzene rings is 3. The fraction of sp³-hybridized carbons (Fsp3) is 0.222. The van der Waals surface area contributed by atoms with Crippen LogP contribution in [0, 0.1) is 6.92 Å². The summed E-state index contributed by atoms with van der Waals surface area (Å²) < 4.78 is 5.43. The number of hydrogen-bond donors (Lipinski definition) is 1. The van der Waals surface area contributed by atoms with Crippen molar-refractivity contribution >= 4 is 40.8 Å². The third kappa shape index (κ3) is 5.46. The number of rotatable bonds is 7. The molecule has 1 aliphatic heterocycles. The van der Waals surface area contributed by atoms with E-state index in [-0.39, 0.29) is 18.9 Å². The smallest absolute Gasteiger partial charge is 0.322 e. The molecular weight excluding hydrogens is 466 g/mol. The van der Waals surface area contributed by atoms with Crippen molar-refractivity contribution in [3.8, 4) is 5.75 Å². The van der Waals surface area contributed by atoms with Gasteiger partial charge in [0.2, 0.25) is 5.91 Å². The SMILES string of the molecule is COc1ccccc1CCN(C(=O)Nc1cccc(Cl)c1)[C@H]1CC(=O)N(c2ccc(C)cc2)C1=O. The van der Waals surface area contributed by atoms with Crippen LogP contribution in [0.2, 0.25) is 5.02 Å². The van der Waals surface area contributed by atoms with Crippen molar-refractivity contribution in [2.24, 2.45) is 0 Å². The first-order valence-electron chi connectivity index (χ1n) is 11.3. The lowest BCUT2D eigenvalue weighted by atomic mass is 10.1. The van der Waals surface area contributed by atoms with Gasteiger partial charge in [-0.2, -0.15) is 0 Å². The number of nitrogens with zero attached hydrogens (tertiary/aromatic N) is 2. The number of halogens is 1. The van der Waals surface area contributed by atoms with Crippen molar-refractivity contribution in [1.29, 1.82) is 0 Å². The number of nitrogens with one attached hydrogen (secondary N) is 1. The predicted molar refractivity (Wildman–Crippen MR) is 136 cm³/mol. The van der Waals surface area contributed by atoms with Gasteiger partial charge in [0.05, 0.1) is 19.2 Å². The summed E-state index contributed by atoms with van der Waals surface area (Å²) in [5.74, 6) is -0.0837. The van der Waals surface area contributed by atoms with Crippen LogP contribution < -0.4 is 15.0 Å². The van der Waals surface area contributed by atoms with E-state index in [0.717, 1.165) is 16.0 Å². The molecule has 3 aromatic carbocycles. The van der Waals surface area contributed by atoms with Crippen molar-refractivity contribution in [2.75, 3.05) is 23.9 Å². The molecule has 180 valence electrons. The molecule has 1 atom stereocenters. The van der Waals surface area contributed by atoms with Gasteiger partial charge in [0.1, 0.15) is 11.8 Å². The number of anilines is 2. The number of imide groups is 1. The second kappa shape index (κ2) is 10.6. The quantitative estimate of drug-likeness (QED) is 0.468. The predicted octanol–water partition coefficient (Wildman–Crippen LogP) is 5.07. The van der Waals surface area contributed by atoms with Crippen LogP contribution in [0.25, 0.3) is 0 Å². The normalized spacial score (nSPS) is 15.3. The van der Waals surface area contributed by atoms with Crippen LogP contribution in [0.5, 0.6) is 5.75 Å². The molecule has 0 aliphatic carbocycles. The van der Waals surface area contributed by atoms with E-state index in [9.17, 15) is 14.4 Å². The highest BCUT2D eigenvalue weighted by Gasteiger charge is 2.44. The number of methoxy groups -OCH3 is 1. The zero-order valence-corrected chi connectivity index (χ0v) is 20.3. The Bertz CT molecular complexity index is 1250. The molecule has 4 rings (SSSR count). The van der Waals surface area contributed by atoms with E-state index in [1.54, 1.807) is 43.5 Å². The Morgan fingerprint density at radius 3 is 2.54 bits per heavy atom. The summed E-state index contributed by atoms with van der Waals surface area (Å²) in [5.41, 5.74) is 2.90. The standard InChI is InChI=1S/C27H26ClN3O4/c1-18-10-12-22(13-11-18)31-25(32)17-23(26(31)33)30(15-14-19-6-3-4-9-24(19)35-2)27(34)29-21-8-5-7-20(28)16-21/h3-13,16,23H,14-15,17H2,1-2H3,(H,29,34)/t23-/m0/s1. The summed E-state index contributed by atoms with van der Waals surface area (Å²) >= 11 is 6.07. The summed E-state index contributed by atoms with van der Waals surface area (Å²) in [5, 5.41) is 3.28. The Morgan fingerprint density at radius 1 is 1.09 bits per heavy atom. The van der Waals surface area contributed by atoms with Crippen molar-refractivity contribution in [1.82, 2.24) is 4.90 Å². The molecule has 0 radical (unpaired) electrons. The Balaban J connectivity index is 1.61. The van der Waals surface area contributed by atoms with Crippen LogP contribution in [0.3, 0.4) is 0 Å². The van der Waals surface area contributed by atoms with Crippen LogP contribution in [0.15, 0.2) is 72.8 Å². The van der Waals surface area contributed by atoms with Gasteiger partial charge in [-0.05, 0) is 55.3 Å². The molecule has 35 heavy (non-hydrogen) atoms. The number of para-hydroxylation sites is 1. The Morgan fingerprint density at radius 2 is 1.83 bits per heavy atom. The minimum absolute atomic E-state index is 0.0956. The van der Waals surface area contributed by atoms with Gasteiger partial charge in [-0.1, -0.05) is 53.6 Å². The first kappa shape index (κ1) is 24.3. The molecule has 1 aliphatic rings. The summed E-state index contributed by atoms with van der Waals surface area (Å²) in [4.78, 5) is 42.3. The topological polar surface area (TPSA) is 79.0 Å². The molecular formula is C27H26ClN3O4. The average molecular weight is 492 g/mol. The fourth-order valence-corrected chi connectivity index (χ4v) is 4.33. The van der Waals surface area contributed by atoms with Gasteiger partial charge < -0.3 is 15.0 Å². The molecule has 0 unspecified atom stereocenters. The molecule has 0 bridgehead atoms. The second-order valence-corrected chi connectivity index (χ2v) is 8.76. The maximum atomic E-state index is 13.4. The first-order chi connectivity index (χ1) is 16.9. The molecule has 7 nitrogen and oxygen atoms in total. The van der Waals surface area contributed by atoms with E-state index in [0.29, 0.717) is 28.6 Å². The highest BCUT2D eigenvalue weighted by Crippen LogP contribution is 2.28. The minimum Gasteiger partial charge on any atom is -0.496 e. The average Bonchev–Trinajstić information content (AvgIpc) is 3.13. The van der Waals surface area contributed by atoms with Crippen LogP contribution in [-0.4, -0.2) is 42.4 Å². The Kier molecular flexibility index (Phi) is 7.36. The van der Waals surface area contributed by atoms with E-state index >= 15 is 0 Å². The third-order valence-corrected chi connectivity index (χ3v) is 6.18. The van der Waals surface area contributed by atoms with E-state index in [4.69, 9.17) is 16.3 Å². The maximum absolute atomic E-state index is 13.4. The van der Waals surface area contributed by atoms with Crippen LogP contribution in [0.4, 0.5) is 16.2 Å². The van der Waals surface area contributed by atoms with Crippen LogP contribution >= 0.6 is 11.6 Å². The molecule has 4 amide bonds. The van der Waals surface area contributed by atoms with Gasteiger partial charge in [0.15, 0.2) is 0 Å². The first-order valence-corrected chi connectivity index (χ1v) is 11.6. The Labute approximate surface area is 209 Å². The Hall–Kier alpha value is -3.84. The fourth-order valence-electron chi connectivity index (χ4n) is 4.14. The van der Waals surface area contributed by atoms with E-state index < -0.39 is 18.0 Å². The van der Waals surface area contributed by atoms with E-state index in [1.807, 2.05) is 43.3 Å². The van der Waals surface area contributed by atoms with Gasteiger partial charge in [-0.3, -0.25) is 9.59 Å². The molecule has 1 fully saturated rings. The van der Waals surface area contributed by atoms with Crippen LogP contribution in [0.1, 0.15) is 17.5 Å². The second-order valence-electron chi connectivity index (χ2n) is 8.32. The van der Waals surface area contributed by atoms with E-state index in [1.165, 1.54) is 4.90 Å². The van der Waals surface area contributed by atoms with Crippen molar-refractivity contribution in [3.63, 3.8) is 0 Å². The summed E-state index contributed by atoms with van der Waals surface area (Å²) in [6, 6.07) is 20.0. The zero-order chi connectivity index (χ0) is 24.9. The van der Waals surface area contributed by atoms with Crippen molar-refractivity contribution in [3.05, 3.63) is 88.9 Å². The largest absolute Gasteiger partial charge is 0.496 e. The molecule has 0 spiro atoms. The number of ether oxygens (including phenoxy) is 1. The molecule has 1 N–H and O–H groups in total. The monoisotopic (exact) mass is 491 g/mol. The molecule has 1 heterocycles. The zero-order valence-electron chi connectivity index (χ0n) is 19.5. The summed E-state index contributed by atoms with van der Waals surface area (Å²) in [6.07, 6.45) is 0.344. The number of amides is 4. The molecule has 3 aromatic rings. The molecule has 1 saturated heterocycles. The number of urea groups is 1. The summed E-state index contributed by atoms with van der Waals surface area (Å²) in [7, 11) is 1.58. The van der Waals surface area contributed by atoms with Crippen molar-refractivity contribution in [2.45, 2.75) is 25.8 Å². The van der Waals surface area contributed by atoms with Gasteiger partial charge in [0, 0.05) is 17.3 Å². The molecule has 0 saturated carbocycles. The van der Waals surface area contributed by atoms with Crippen molar-refractivity contribution < 1.29 is 19.1 Å². The minimum atomic E-state index is -0.933. The lowest BCUT2D eigenvalue weighted by Gasteiger charge is -2.28. The van der Waals surface area contributed by atoms with Crippen LogP contribution in [-0.2, 0) is 16.0 Å². The lowest BCUT2D eigenvalue weighted by Crippen LogP contribution is -2.48. The number of carbonyl (C=O) groups is 3. The van der Waals surface area contributed by atoms with Gasteiger partial charge in [-0.25, -0.2) is 9.69 Å². The third-order valence-electron chi connectivity index (χ3n) is 5.94. The lowest BCUT2D eigenvalue weighted by molar-refractivity contribution is -0.122. The van der Waals surface area contributed by atoms with Gasteiger partial charge in [0.25, 0.3) is 5.91 Å². The number of carbonyl (C=O) groups excluding carboxylic acids is 3. The summed E-state index contributed by atoms with van der Waals surface area (Å²) in [6.45, 7) is 2.14. The molecule has 0 aromatic heterocycles. The van der Waals surface area contributed by atoms with Gasteiger partial charge in [-0.15, -0.1) is 0 Å². The van der Waals surface area contributed by atoms with Gasteiger partial charge >= 0.3 is 6.03 Å². The molecule has 8 heteroatoms. The van der Waals surface area contributed by atoms with E-state index in [2.05, 4.69) is 5.32 Å². The highest BCUT2D eigenvalue weighted by molar-refractivity contribution is 6.31.